The van der Waals surface area contributed by atoms with Crippen LogP contribution in [0.25, 0.3) is 0 Å². The van der Waals surface area contributed by atoms with Crippen LogP contribution in [0, 0.1) is 0 Å². The summed E-state index contributed by atoms with van der Waals surface area (Å²) in [5.74, 6) is 0.827. The molecule has 0 aromatic heterocycles. The Labute approximate surface area is 254 Å². The molecule has 1 aliphatic rings. The van der Waals surface area contributed by atoms with Gasteiger partial charge in [-0.2, -0.15) is 5.10 Å². The molecule has 0 fully saturated rings. The van der Waals surface area contributed by atoms with Gasteiger partial charge in [0.05, 0.1) is 31.5 Å². The summed E-state index contributed by atoms with van der Waals surface area (Å²) < 4.78 is 22.3. The molecule has 2 amide bonds. The number of carbonyl (C=O) groups is 2. The molecule has 4 N–H and O–H groups in total. The number of aliphatic hydroxyl groups is 1. The summed E-state index contributed by atoms with van der Waals surface area (Å²) in [6.07, 6.45) is 0.422. The molecule has 0 unspecified atom stereocenters. The third-order valence-electron chi connectivity index (χ3n) is 6.26. The van der Waals surface area contributed by atoms with Crippen molar-refractivity contribution in [2.24, 2.45) is 5.10 Å². The highest BCUT2D eigenvalue weighted by Crippen LogP contribution is 2.35. The number of esters is 1. The van der Waals surface area contributed by atoms with Gasteiger partial charge < -0.3 is 34.7 Å². The van der Waals surface area contributed by atoms with Gasteiger partial charge in [-0.05, 0) is 66.9 Å². The SMILES string of the molecule is CCOc1cc([C@H]2NC(=O)NC(C)=C2C(=O)OC)ccc1OC[C@H](O)N/N=C/c1cccc(OCc2cccc(Cl)c2)c1. The molecular weight excluding hydrogens is 576 g/mol. The van der Waals surface area contributed by atoms with E-state index in [4.69, 9.17) is 30.5 Å². The molecule has 0 saturated carbocycles. The van der Waals surface area contributed by atoms with Gasteiger partial charge in [-0.25, -0.2) is 9.59 Å². The Hall–Kier alpha value is -4.74. The number of amides is 2. The smallest absolute Gasteiger partial charge is 0.337 e. The maximum Gasteiger partial charge on any atom is 0.337 e. The first kappa shape index (κ1) is 31.2. The number of aliphatic hydroxyl groups excluding tert-OH is 1. The number of hydrogen-bond acceptors (Lipinski definition) is 9. The molecule has 3 aromatic rings. The largest absolute Gasteiger partial charge is 0.490 e. The summed E-state index contributed by atoms with van der Waals surface area (Å²) in [5.41, 5.74) is 5.60. The molecule has 3 aromatic carbocycles. The molecule has 0 bridgehead atoms. The van der Waals surface area contributed by atoms with Crippen molar-refractivity contribution in [3.63, 3.8) is 0 Å². The van der Waals surface area contributed by atoms with Crippen molar-refractivity contribution in [1.82, 2.24) is 16.1 Å². The summed E-state index contributed by atoms with van der Waals surface area (Å²) in [7, 11) is 1.28. The van der Waals surface area contributed by atoms with Crippen LogP contribution in [0.4, 0.5) is 4.79 Å². The number of benzene rings is 3. The second-order valence-electron chi connectivity index (χ2n) is 9.41. The van der Waals surface area contributed by atoms with Crippen molar-refractivity contribution in [3.8, 4) is 17.2 Å². The first-order chi connectivity index (χ1) is 20.8. The van der Waals surface area contributed by atoms with E-state index in [0.29, 0.717) is 46.7 Å². The molecule has 0 spiro atoms. The van der Waals surface area contributed by atoms with Crippen molar-refractivity contribution < 1.29 is 33.6 Å². The average Bonchev–Trinajstić information content (AvgIpc) is 2.99. The van der Waals surface area contributed by atoms with Gasteiger partial charge in [0, 0.05) is 10.7 Å². The predicted octanol–water partition coefficient (Wildman–Crippen LogP) is 4.44. The molecule has 2 atom stereocenters. The summed E-state index contributed by atoms with van der Waals surface area (Å²) in [6.45, 7) is 4.01. The molecule has 226 valence electrons. The number of hydrazone groups is 1. The van der Waals surface area contributed by atoms with Gasteiger partial charge in [-0.1, -0.05) is 41.9 Å². The number of allylic oxidation sites excluding steroid dienone is 1. The lowest BCUT2D eigenvalue weighted by atomic mass is 9.95. The Balaban J connectivity index is 1.35. The van der Waals surface area contributed by atoms with E-state index < -0.39 is 24.3 Å². The van der Waals surface area contributed by atoms with E-state index in [1.54, 1.807) is 31.3 Å². The quantitative estimate of drug-likeness (QED) is 0.0967. The fraction of sp³-hybridized carbons (Fsp3) is 0.258. The minimum Gasteiger partial charge on any atom is -0.490 e. The van der Waals surface area contributed by atoms with Crippen LogP contribution >= 0.6 is 11.6 Å². The fourth-order valence-electron chi connectivity index (χ4n) is 4.30. The minimum absolute atomic E-state index is 0.143. The van der Waals surface area contributed by atoms with Crippen molar-refractivity contribution in [2.75, 3.05) is 20.3 Å². The molecule has 1 heterocycles. The first-order valence-electron chi connectivity index (χ1n) is 13.5. The van der Waals surface area contributed by atoms with Crippen molar-refractivity contribution >= 4 is 29.8 Å². The lowest BCUT2D eigenvalue weighted by Gasteiger charge is -2.28. The van der Waals surface area contributed by atoms with Crippen LogP contribution in [0.2, 0.25) is 5.02 Å². The Morgan fingerprint density at radius 2 is 1.91 bits per heavy atom. The molecule has 1 aliphatic heterocycles. The van der Waals surface area contributed by atoms with Crippen LogP contribution in [-0.2, 0) is 16.1 Å². The molecule has 11 nitrogen and oxygen atoms in total. The Morgan fingerprint density at radius 3 is 2.67 bits per heavy atom. The maximum absolute atomic E-state index is 12.4. The number of nitrogens with zero attached hydrogens (tertiary/aromatic N) is 1. The lowest BCUT2D eigenvalue weighted by molar-refractivity contribution is -0.136. The van der Waals surface area contributed by atoms with E-state index in [1.165, 1.54) is 7.11 Å². The average molecular weight is 609 g/mol. The standard InChI is InChI=1S/C31H33ClN4O7/c1-4-41-26-15-22(29-28(30(38)40-3)19(2)34-31(39)35-29)11-12-25(26)43-18-27(37)36-33-16-20-7-6-10-24(14-20)42-17-21-8-5-9-23(32)13-21/h5-16,27,29,36-37H,4,17-18H2,1-3H3,(H2,34,35,39)/b33-16+/t27-,29+/m0/s1. The number of carbonyl (C=O) groups excluding carboxylic acids is 2. The van der Waals surface area contributed by atoms with Gasteiger partial charge in [0.15, 0.2) is 17.7 Å². The van der Waals surface area contributed by atoms with Crippen LogP contribution < -0.4 is 30.3 Å². The summed E-state index contributed by atoms with van der Waals surface area (Å²) >= 11 is 6.03. The number of urea groups is 1. The summed E-state index contributed by atoms with van der Waals surface area (Å²) in [5, 5.41) is 20.5. The Kier molecular flexibility index (Phi) is 10.8. The van der Waals surface area contributed by atoms with Crippen molar-refractivity contribution in [1.29, 1.82) is 0 Å². The fourth-order valence-corrected chi connectivity index (χ4v) is 4.51. The van der Waals surface area contributed by atoms with Crippen molar-refractivity contribution in [2.45, 2.75) is 32.7 Å². The highest BCUT2D eigenvalue weighted by Gasteiger charge is 2.32. The number of rotatable bonds is 13. The molecule has 43 heavy (non-hydrogen) atoms. The van der Waals surface area contributed by atoms with Crippen LogP contribution in [0.1, 0.15) is 36.6 Å². The second-order valence-corrected chi connectivity index (χ2v) is 9.84. The molecule has 4 rings (SSSR count). The van der Waals surface area contributed by atoms with E-state index >= 15 is 0 Å². The first-order valence-corrected chi connectivity index (χ1v) is 13.8. The molecule has 0 aliphatic carbocycles. The topological polar surface area (TPSA) is 140 Å². The zero-order valence-electron chi connectivity index (χ0n) is 23.9. The lowest BCUT2D eigenvalue weighted by Crippen LogP contribution is -2.45. The van der Waals surface area contributed by atoms with Gasteiger partial charge >= 0.3 is 12.0 Å². The van der Waals surface area contributed by atoms with Gasteiger partial charge in [0.25, 0.3) is 0 Å². The number of hydrogen-bond donors (Lipinski definition) is 4. The number of methoxy groups -OCH3 is 1. The van der Waals surface area contributed by atoms with Crippen LogP contribution in [0.5, 0.6) is 17.2 Å². The maximum atomic E-state index is 12.4. The normalized spacial score (nSPS) is 15.4. The molecule has 0 saturated heterocycles. The zero-order chi connectivity index (χ0) is 30.8. The summed E-state index contributed by atoms with van der Waals surface area (Å²) in [6, 6.07) is 18.6. The molecular formula is C31H33ClN4O7. The number of nitrogens with one attached hydrogen (secondary N) is 3. The minimum atomic E-state index is -1.13. The van der Waals surface area contributed by atoms with Crippen LogP contribution in [-0.4, -0.2) is 49.9 Å². The zero-order valence-corrected chi connectivity index (χ0v) is 24.7. The van der Waals surface area contributed by atoms with E-state index in [9.17, 15) is 14.7 Å². The van der Waals surface area contributed by atoms with E-state index in [0.717, 1.165) is 11.1 Å². The highest BCUT2D eigenvalue weighted by molar-refractivity contribution is 6.30. The Bertz CT molecular complexity index is 1510. The highest BCUT2D eigenvalue weighted by atomic mass is 35.5. The monoisotopic (exact) mass is 608 g/mol. The predicted molar refractivity (Wildman–Crippen MR) is 161 cm³/mol. The van der Waals surface area contributed by atoms with E-state index in [2.05, 4.69) is 21.2 Å². The van der Waals surface area contributed by atoms with Gasteiger partial charge in [0.1, 0.15) is 19.0 Å². The van der Waals surface area contributed by atoms with Crippen LogP contribution in [0.15, 0.2) is 83.1 Å². The van der Waals surface area contributed by atoms with E-state index in [1.807, 2.05) is 55.5 Å². The number of halogens is 1. The van der Waals surface area contributed by atoms with Gasteiger partial charge in [0.2, 0.25) is 0 Å². The number of ether oxygens (including phenoxy) is 4. The van der Waals surface area contributed by atoms with Gasteiger partial charge in [-0.3, -0.25) is 5.43 Å². The third-order valence-corrected chi connectivity index (χ3v) is 6.50. The third kappa shape index (κ3) is 8.63. The second kappa shape index (κ2) is 14.9. The van der Waals surface area contributed by atoms with Crippen LogP contribution in [0.3, 0.4) is 0 Å². The Morgan fingerprint density at radius 1 is 1.09 bits per heavy atom. The molecule has 12 heteroatoms. The van der Waals surface area contributed by atoms with Crippen molar-refractivity contribution in [3.05, 3.63) is 99.7 Å². The van der Waals surface area contributed by atoms with E-state index in [-0.39, 0.29) is 12.2 Å². The molecule has 0 radical (unpaired) electrons. The van der Waals surface area contributed by atoms with Gasteiger partial charge in [-0.15, -0.1) is 0 Å². The summed E-state index contributed by atoms with van der Waals surface area (Å²) in [4.78, 5) is 24.6.